The van der Waals surface area contributed by atoms with E-state index in [9.17, 15) is 9.59 Å². The zero-order valence-corrected chi connectivity index (χ0v) is 8.35. The summed E-state index contributed by atoms with van der Waals surface area (Å²) in [6.45, 7) is 0. The Hall–Kier alpha value is -2.37. The molecular formula is C10H8N2O4. The van der Waals surface area contributed by atoms with Crippen LogP contribution < -0.4 is 10.3 Å². The van der Waals surface area contributed by atoms with Crippen molar-refractivity contribution in [3.05, 3.63) is 34.1 Å². The van der Waals surface area contributed by atoms with Gasteiger partial charge in [0.05, 0.1) is 7.11 Å². The number of nitrogens with one attached hydrogen (secondary N) is 1. The first-order valence-electron chi connectivity index (χ1n) is 4.43. The summed E-state index contributed by atoms with van der Waals surface area (Å²) in [6.07, 6.45) is 0. The molecule has 16 heavy (non-hydrogen) atoms. The molecule has 0 spiro atoms. The van der Waals surface area contributed by atoms with Crippen LogP contribution >= 0.6 is 0 Å². The summed E-state index contributed by atoms with van der Waals surface area (Å²) < 4.78 is 4.89. The van der Waals surface area contributed by atoms with Gasteiger partial charge in [-0.1, -0.05) is 0 Å². The molecule has 0 unspecified atom stereocenters. The van der Waals surface area contributed by atoms with Gasteiger partial charge >= 0.3 is 5.97 Å². The highest BCUT2D eigenvalue weighted by Gasteiger charge is 2.10. The molecule has 0 saturated carbocycles. The minimum Gasteiger partial charge on any atom is -0.481 e. The number of fused-ring (bicyclic) bond motifs is 1. The summed E-state index contributed by atoms with van der Waals surface area (Å²) in [7, 11) is 1.46. The van der Waals surface area contributed by atoms with Gasteiger partial charge in [0, 0.05) is 11.5 Å². The smallest absolute Gasteiger partial charge is 0.341 e. The number of nitrogens with zero attached hydrogens (tertiary/aromatic N) is 1. The van der Waals surface area contributed by atoms with Crippen LogP contribution in [0, 0.1) is 0 Å². The quantitative estimate of drug-likeness (QED) is 0.774. The molecule has 0 saturated heterocycles. The zero-order valence-electron chi connectivity index (χ0n) is 8.35. The molecule has 2 aromatic rings. The molecule has 0 bridgehead atoms. The van der Waals surface area contributed by atoms with Crippen molar-refractivity contribution in [1.82, 2.24) is 9.97 Å². The number of aromatic nitrogens is 2. The van der Waals surface area contributed by atoms with Gasteiger partial charge < -0.3 is 14.8 Å². The molecule has 0 radical (unpaired) electrons. The number of methoxy groups -OCH3 is 1. The minimum atomic E-state index is -1.26. The summed E-state index contributed by atoms with van der Waals surface area (Å²) in [5, 5.41) is 9.30. The van der Waals surface area contributed by atoms with Crippen LogP contribution in [0.5, 0.6) is 5.88 Å². The molecule has 0 atom stereocenters. The maximum Gasteiger partial charge on any atom is 0.341 e. The van der Waals surface area contributed by atoms with E-state index in [0.717, 1.165) is 0 Å². The summed E-state index contributed by atoms with van der Waals surface area (Å²) in [6, 6.07) is 4.50. The van der Waals surface area contributed by atoms with E-state index in [1.165, 1.54) is 13.2 Å². The number of ether oxygens (including phenoxy) is 1. The van der Waals surface area contributed by atoms with Gasteiger partial charge in [-0.05, 0) is 12.1 Å². The van der Waals surface area contributed by atoms with Crippen molar-refractivity contribution in [2.24, 2.45) is 0 Å². The van der Waals surface area contributed by atoms with E-state index in [1.807, 2.05) is 0 Å². The second-order valence-electron chi connectivity index (χ2n) is 3.11. The van der Waals surface area contributed by atoms with Crippen molar-refractivity contribution in [3.8, 4) is 5.88 Å². The van der Waals surface area contributed by atoms with Crippen LogP contribution in [-0.4, -0.2) is 28.2 Å². The number of carboxylic acids is 1. The van der Waals surface area contributed by atoms with Gasteiger partial charge in [-0.3, -0.25) is 4.79 Å². The van der Waals surface area contributed by atoms with E-state index < -0.39 is 11.5 Å². The van der Waals surface area contributed by atoms with Crippen LogP contribution in [0.3, 0.4) is 0 Å². The Morgan fingerprint density at radius 1 is 1.50 bits per heavy atom. The van der Waals surface area contributed by atoms with Gasteiger partial charge in [-0.15, -0.1) is 0 Å². The summed E-state index contributed by atoms with van der Waals surface area (Å²) in [5.74, 6) is -0.912. The fourth-order valence-electron chi connectivity index (χ4n) is 1.34. The Morgan fingerprint density at radius 3 is 2.88 bits per heavy atom. The largest absolute Gasteiger partial charge is 0.481 e. The van der Waals surface area contributed by atoms with E-state index in [0.29, 0.717) is 16.9 Å². The number of aromatic amines is 1. The number of aromatic carboxylic acids is 1. The van der Waals surface area contributed by atoms with Crippen LogP contribution in [0.25, 0.3) is 11.0 Å². The molecule has 2 heterocycles. The van der Waals surface area contributed by atoms with Gasteiger partial charge in [-0.2, -0.15) is 4.98 Å². The predicted octanol–water partition coefficient (Wildman–Crippen LogP) is 0.630. The minimum absolute atomic E-state index is 0.300. The molecule has 0 aliphatic heterocycles. The third-order valence-corrected chi connectivity index (χ3v) is 2.12. The Balaban J connectivity index is 2.74. The SMILES string of the molecule is COc1ccc2cc(C(=O)O)c(=O)[nH]c2n1. The normalized spacial score (nSPS) is 10.3. The van der Waals surface area contributed by atoms with Crippen LogP contribution in [0.2, 0.25) is 0 Å². The lowest BCUT2D eigenvalue weighted by Crippen LogP contribution is -2.17. The molecule has 2 aromatic heterocycles. The van der Waals surface area contributed by atoms with Crippen molar-refractivity contribution >= 4 is 17.0 Å². The van der Waals surface area contributed by atoms with Gasteiger partial charge in [0.2, 0.25) is 5.88 Å². The molecule has 82 valence electrons. The molecule has 0 aliphatic carbocycles. The van der Waals surface area contributed by atoms with Gasteiger partial charge in [0.1, 0.15) is 11.2 Å². The number of H-pyrrole nitrogens is 1. The molecule has 0 fully saturated rings. The average Bonchev–Trinajstić information content (AvgIpc) is 2.27. The van der Waals surface area contributed by atoms with Crippen molar-refractivity contribution in [2.75, 3.05) is 7.11 Å². The third-order valence-electron chi connectivity index (χ3n) is 2.12. The van der Waals surface area contributed by atoms with Crippen LogP contribution in [-0.2, 0) is 0 Å². The van der Waals surface area contributed by atoms with E-state index in [4.69, 9.17) is 9.84 Å². The molecule has 2 rings (SSSR count). The summed E-state index contributed by atoms with van der Waals surface area (Å²) >= 11 is 0. The Bertz CT molecular complexity index is 618. The van der Waals surface area contributed by atoms with Crippen LogP contribution in [0.4, 0.5) is 0 Å². The highest BCUT2D eigenvalue weighted by atomic mass is 16.5. The monoisotopic (exact) mass is 220 g/mol. The molecule has 0 aromatic carbocycles. The van der Waals surface area contributed by atoms with E-state index in [2.05, 4.69) is 9.97 Å². The lowest BCUT2D eigenvalue weighted by molar-refractivity contribution is 0.0695. The fraction of sp³-hybridized carbons (Fsp3) is 0.100. The second kappa shape index (κ2) is 3.65. The van der Waals surface area contributed by atoms with Crippen molar-refractivity contribution < 1.29 is 14.6 Å². The number of pyridine rings is 2. The Morgan fingerprint density at radius 2 is 2.25 bits per heavy atom. The molecule has 2 N–H and O–H groups in total. The molecule has 6 heteroatoms. The second-order valence-corrected chi connectivity index (χ2v) is 3.11. The van der Waals surface area contributed by atoms with E-state index in [-0.39, 0.29) is 5.56 Å². The number of hydrogen-bond donors (Lipinski definition) is 2. The summed E-state index contributed by atoms with van der Waals surface area (Å²) in [4.78, 5) is 28.5. The van der Waals surface area contributed by atoms with Gasteiger partial charge in [0.25, 0.3) is 5.56 Å². The Kier molecular flexibility index (Phi) is 2.32. The molecular weight excluding hydrogens is 212 g/mol. The van der Waals surface area contributed by atoms with Gasteiger partial charge in [0.15, 0.2) is 0 Å². The Labute approximate surface area is 89.5 Å². The lowest BCUT2D eigenvalue weighted by Gasteiger charge is -2.01. The molecule has 6 nitrogen and oxygen atoms in total. The van der Waals surface area contributed by atoms with Crippen LogP contribution in [0.1, 0.15) is 10.4 Å². The highest BCUT2D eigenvalue weighted by molar-refractivity contribution is 5.91. The molecule has 0 amide bonds. The number of rotatable bonds is 2. The van der Waals surface area contributed by atoms with Gasteiger partial charge in [-0.25, -0.2) is 4.79 Å². The number of carbonyl (C=O) groups is 1. The first-order valence-corrected chi connectivity index (χ1v) is 4.43. The maximum atomic E-state index is 11.4. The first-order chi connectivity index (χ1) is 7.61. The predicted molar refractivity (Wildman–Crippen MR) is 55.9 cm³/mol. The van der Waals surface area contributed by atoms with E-state index in [1.54, 1.807) is 12.1 Å². The standard InChI is InChI=1S/C10H8N2O4/c1-16-7-3-2-5-4-6(10(14)15)9(13)12-8(5)11-7/h2-4H,1H3,(H,14,15)(H,11,12,13). The molecule has 0 aliphatic rings. The van der Waals surface area contributed by atoms with E-state index >= 15 is 0 Å². The zero-order chi connectivity index (χ0) is 11.7. The third kappa shape index (κ3) is 1.60. The van der Waals surface area contributed by atoms with Crippen LogP contribution in [0.15, 0.2) is 23.0 Å². The average molecular weight is 220 g/mol. The first kappa shape index (κ1) is 10.2. The van der Waals surface area contributed by atoms with Crippen molar-refractivity contribution in [3.63, 3.8) is 0 Å². The van der Waals surface area contributed by atoms with Crippen molar-refractivity contribution in [1.29, 1.82) is 0 Å². The van der Waals surface area contributed by atoms with Crippen molar-refractivity contribution in [2.45, 2.75) is 0 Å². The topological polar surface area (TPSA) is 92.3 Å². The maximum absolute atomic E-state index is 11.4. The number of carboxylic acid groups (broad SMARTS) is 1. The number of hydrogen-bond acceptors (Lipinski definition) is 4. The lowest BCUT2D eigenvalue weighted by atomic mass is 10.2. The summed E-state index contributed by atoms with van der Waals surface area (Å²) in [5.41, 5.74) is -0.686. The fourth-order valence-corrected chi connectivity index (χ4v) is 1.34. The highest BCUT2D eigenvalue weighted by Crippen LogP contribution is 2.13.